The van der Waals surface area contributed by atoms with Crippen molar-refractivity contribution in [2.45, 2.75) is 31.7 Å². The fourth-order valence-corrected chi connectivity index (χ4v) is 2.38. The molecule has 2 N–H and O–H groups in total. The van der Waals surface area contributed by atoms with Gasteiger partial charge in [-0.3, -0.25) is 4.79 Å². The Bertz CT molecular complexity index is 390. The molecule has 1 rings (SSSR count). The summed E-state index contributed by atoms with van der Waals surface area (Å²) in [5.41, 5.74) is 1.19. The maximum absolute atomic E-state index is 11.1. The minimum absolute atomic E-state index is 0.300. The van der Waals surface area contributed by atoms with E-state index in [1.54, 1.807) is 11.8 Å². The first-order chi connectivity index (χ1) is 9.02. The normalized spacial score (nSPS) is 12.6. The van der Waals surface area contributed by atoms with Crippen molar-refractivity contribution in [2.75, 3.05) is 12.8 Å². The Morgan fingerprint density at radius 1 is 1.32 bits per heavy atom. The first kappa shape index (κ1) is 16.1. The number of rotatable bonds is 8. The van der Waals surface area contributed by atoms with Gasteiger partial charge in [-0.2, -0.15) is 0 Å². The molecule has 0 fully saturated rings. The summed E-state index contributed by atoms with van der Waals surface area (Å²) in [7, 11) is 0. The lowest BCUT2D eigenvalue weighted by atomic mass is 9.97. The molecule has 0 aromatic heterocycles. The largest absolute Gasteiger partial charge is 0.481 e. The molecular formula is C15H23NO2S. The zero-order chi connectivity index (χ0) is 14.3. The summed E-state index contributed by atoms with van der Waals surface area (Å²) in [6.45, 7) is 5.35. The monoisotopic (exact) mass is 281 g/mol. The van der Waals surface area contributed by atoms with E-state index < -0.39 is 5.97 Å². The van der Waals surface area contributed by atoms with Crippen molar-refractivity contribution in [1.82, 2.24) is 5.32 Å². The molecule has 19 heavy (non-hydrogen) atoms. The van der Waals surface area contributed by atoms with Crippen molar-refractivity contribution in [3.05, 3.63) is 29.8 Å². The van der Waals surface area contributed by atoms with E-state index in [2.05, 4.69) is 49.7 Å². The molecule has 0 aliphatic heterocycles. The van der Waals surface area contributed by atoms with Crippen molar-refractivity contribution in [3.63, 3.8) is 0 Å². The summed E-state index contributed by atoms with van der Waals surface area (Å²) in [6, 6.07) is 8.34. The Labute approximate surface area is 119 Å². The molecule has 1 atom stereocenters. The van der Waals surface area contributed by atoms with Crippen molar-refractivity contribution in [1.29, 1.82) is 0 Å². The number of carbonyl (C=O) groups is 1. The molecule has 4 heteroatoms. The number of benzene rings is 1. The van der Waals surface area contributed by atoms with Crippen molar-refractivity contribution < 1.29 is 9.90 Å². The second-order valence-electron chi connectivity index (χ2n) is 5.14. The van der Waals surface area contributed by atoms with Gasteiger partial charge in [0.2, 0.25) is 0 Å². The minimum atomic E-state index is -0.709. The van der Waals surface area contributed by atoms with Crippen molar-refractivity contribution >= 4 is 17.7 Å². The average Bonchev–Trinajstić information content (AvgIpc) is 2.37. The molecule has 0 saturated heterocycles. The molecule has 106 valence electrons. The fraction of sp³-hybridized carbons (Fsp3) is 0.533. The molecule has 0 aliphatic rings. The molecular weight excluding hydrogens is 258 g/mol. The number of carboxylic acids is 1. The van der Waals surface area contributed by atoms with Gasteiger partial charge in [0.15, 0.2) is 0 Å². The number of aliphatic carboxylic acids is 1. The molecule has 1 aromatic carbocycles. The van der Waals surface area contributed by atoms with Crippen molar-refractivity contribution in [2.24, 2.45) is 11.8 Å². The third kappa shape index (κ3) is 6.12. The van der Waals surface area contributed by atoms with E-state index in [1.807, 2.05) is 0 Å². The van der Waals surface area contributed by atoms with Crippen LogP contribution in [0.4, 0.5) is 0 Å². The summed E-state index contributed by atoms with van der Waals surface area (Å²) < 4.78 is 0. The van der Waals surface area contributed by atoms with Crippen molar-refractivity contribution in [3.8, 4) is 0 Å². The smallest absolute Gasteiger partial charge is 0.307 e. The number of thioether (sulfide) groups is 1. The third-order valence-electron chi connectivity index (χ3n) is 2.98. The van der Waals surface area contributed by atoms with Crippen LogP contribution in [0.25, 0.3) is 0 Å². The molecule has 0 saturated carbocycles. The van der Waals surface area contributed by atoms with Gasteiger partial charge in [0.05, 0.1) is 5.92 Å². The molecule has 0 amide bonds. The summed E-state index contributed by atoms with van der Waals surface area (Å²) in [6.07, 6.45) is 2.77. The first-order valence-electron chi connectivity index (χ1n) is 6.59. The van der Waals surface area contributed by atoms with Gasteiger partial charge in [0, 0.05) is 18.0 Å². The van der Waals surface area contributed by atoms with E-state index in [1.165, 1.54) is 10.5 Å². The van der Waals surface area contributed by atoms with Gasteiger partial charge >= 0.3 is 5.97 Å². The second kappa shape index (κ2) is 8.23. The van der Waals surface area contributed by atoms with Crippen LogP contribution in [0.1, 0.15) is 25.8 Å². The summed E-state index contributed by atoms with van der Waals surface area (Å²) in [4.78, 5) is 12.4. The number of hydrogen-bond donors (Lipinski definition) is 2. The molecule has 0 radical (unpaired) electrons. The SMILES string of the molecule is CSc1ccc(CNCC(CC(C)C)C(=O)O)cc1. The van der Waals surface area contributed by atoms with Crippen LogP contribution in [-0.2, 0) is 11.3 Å². The topological polar surface area (TPSA) is 49.3 Å². The van der Waals surface area contributed by atoms with E-state index in [9.17, 15) is 4.79 Å². The van der Waals surface area contributed by atoms with Gasteiger partial charge in [-0.25, -0.2) is 0 Å². The zero-order valence-electron chi connectivity index (χ0n) is 11.8. The molecule has 1 aromatic rings. The summed E-state index contributed by atoms with van der Waals surface area (Å²) >= 11 is 1.72. The molecule has 0 heterocycles. The van der Waals surface area contributed by atoms with Crippen LogP contribution < -0.4 is 5.32 Å². The van der Waals surface area contributed by atoms with E-state index in [4.69, 9.17) is 5.11 Å². The van der Waals surface area contributed by atoms with Gasteiger partial charge in [0.1, 0.15) is 0 Å². The van der Waals surface area contributed by atoms with Crippen LogP contribution in [0.3, 0.4) is 0 Å². The van der Waals surface area contributed by atoms with Gasteiger partial charge in [-0.1, -0.05) is 26.0 Å². The number of hydrogen-bond acceptors (Lipinski definition) is 3. The highest BCUT2D eigenvalue weighted by molar-refractivity contribution is 7.98. The van der Waals surface area contributed by atoms with E-state index in [0.717, 1.165) is 6.54 Å². The lowest BCUT2D eigenvalue weighted by Crippen LogP contribution is -2.29. The van der Waals surface area contributed by atoms with Crippen LogP contribution in [-0.4, -0.2) is 23.9 Å². The highest BCUT2D eigenvalue weighted by Gasteiger charge is 2.18. The Kier molecular flexibility index (Phi) is 6.95. The van der Waals surface area contributed by atoms with Crippen LogP contribution in [0.2, 0.25) is 0 Å². The Hall–Kier alpha value is -1.00. The van der Waals surface area contributed by atoms with Crippen LogP contribution in [0.15, 0.2) is 29.2 Å². The fourth-order valence-electron chi connectivity index (χ4n) is 1.97. The quantitative estimate of drug-likeness (QED) is 0.718. The second-order valence-corrected chi connectivity index (χ2v) is 6.02. The summed E-state index contributed by atoms with van der Waals surface area (Å²) in [5.74, 6) is -0.604. The lowest BCUT2D eigenvalue weighted by Gasteiger charge is -2.15. The Morgan fingerprint density at radius 2 is 1.95 bits per heavy atom. The first-order valence-corrected chi connectivity index (χ1v) is 7.81. The van der Waals surface area contributed by atoms with Gasteiger partial charge < -0.3 is 10.4 Å². The van der Waals surface area contributed by atoms with Gasteiger partial charge in [0.25, 0.3) is 0 Å². The minimum Gasteiger partial charge on any atom is -0.481 e. The van der Waals surface area contributed by atoms with E-state index in [-0.39, 0.29) is 5.92 Å². The van der Waals surface area contributed by atoms with Crippen LogP contribution >= 0.6 is 11.8 Å². The average molecular weight is 281 g/mol. The molecule has 0 bridgehead atoms. The van der Waals surface area contributed by atoms with Crippen LogP contribution in [0, 0.1) is 11.8 Å². The van der Waals surface area contributed by atoms with Gasteiger partial charge in [-0.15, -0.1) is 11.8 Å². The zero-order valence-corrected chi connectivity index (χ0v) is 12.7. The Morgan fingerprint density at radius 3 is 2.42 bits per heavy atom. The maximum atomic E-state index is 11.1. The lowest BCUT2D eigenvalue weighted by molar-refractivity contribution is -0.142. The number of carboxylic acid groups (broad SMARTS) is 1. The molecule has 3 nitrogen and oxygen atoms in total. The predicted octanol–water partition coefficient (Wildman–Crippen LogP) is 3.25. The molecule has 0 spiro atoms. The third-order valence-corrected chi connectivity index (χ3v) is 3.73. The van der Waals surface area contributed by atoms with E-state index in [0.29, 0.717) is 18.9 Å². The summed E-state index contributed by atoms with van der Waals surface area (Å²) in [5, 5.41) is 12.4. The Balaban J connectivity index is 2.40. The predicted molar refractivity (Wildman–Crippen MR) is 80.5 cm³/mol. The maximum Gasteiger partial charge on any atom is 0.307 e. The standard InChI is InChI=1S/C15H23NO2S/c1-11(2)8-13(15(17)18)10-16-9-12-4-6-14(19-3)7-5-12/h4-7,11,13,16H,8-10H2,1-3H3,(H,17,18). The highest BCUT2D eigenvalue weighted by Crippen LogP contribution is 2.15. The van der Waals surface area contributed by atoms with Crippen LogP contribution in [0.5, 0.6) is 0 Å². The highest BCUT2D eigenvalue weighted by atomic mass is 32.2. The van der Waals surface area contributed by atoms with Gasteiger partial charge in [-0.05, 0) is 36.3 Å². The van der Waals surface area contributed by atoms with E-state index >= 15 is 0 Å². The number of nitrogens with one attached hydrogen (secondary N) is 1. The molecule has 0 aliphatic carbocycles. The molecule has 1 unspecified atom stereocenters.